The van der Waals surface area contributed by atoms with Gasteiger partial charge >= 0.3 is 0 Å². The van der Waals surface area contributed by atoms with Gasteiger partial charge in [0.25, 0.3) is 0 Å². The highest BCUT2D eigenvalue weighted by atomic mass is 32.2. The van der Waals surface area contributed by atoms with Crippen molar-refractivity contribution in [2.75, 3.05) is 11.5 Å². The van der Waals surface area contributed by atoms with Gasteiger partial charge in [-0.25, -0.2) is 9.50 Å². The highest BCUT2D eigenvalue weighted by Crippen LogP contribution is 2.37. The Morgan fingerprint density at radius 1 is 1.06 bits per heavy atom. The fourth-order valence-corrected chi connectivity index (χ4v) is 5.36. The molecule has 0 unspecified atom stereocenters. The second-order valence-electron chi connectivity index (χ2n) is 8.05. The van der Waals surface area contributed by atoms with Crippen LogP contribution in [0.2, 0.25) is 0 Å². The topological polar surface area (TPSA) is 104 Å². The molecule has 2 aromatic carbocycles. The first-order valence-corrected chi connectivity index (χ1v) is 12.2. The average molecular weight is 459 g/mol. The van der Waals surface area contributed by atoms with Crippen LogP contribution in [0.3, 0.4) is 0 Å². The summed E-state index contributed by atoms with van der Waals surface area (Å²) in [5.74, 6) is 9.15. The molecule has 0 spiro atoms. The van der Waals surface area contributed by atoms with E-state index in [9.17, 15) is 0 Å². The van der Waals surface area contributed by atoms with Crippen LogP contribution >= 0.6 is 11.8 Å². The van der Waals surface area contributed by atoms with Crippen molar-refractivity contribution in [3.8, 4) is 16.9 Å². The number of rotatable bonds is 6. The summed E-state index contributed by atoms with van der Waals surface area (Å²) in [7, 11) is 0. The van der Waals surface area contributed by atoms with Crippen molar-refractivity contribution in [2.45, 2.75) is 25.4 Å². The zero-order valence-corrected chi connectivity index (χ0v) is 19.0. The summed E-state index contributed by atoms with van der Waals surface area (Å²) in [6, 6.07) is 18.4. The fraction of sp³-hybridized carbons (Fsp3) is 0.240. The van der Waals surface area contributed by atoms with Crippen molar-refractivity contribution >= 4 is 23.2 Å². The van der Waals surface area contributed by atoms with Crippen molar-refractivity contribution in [2.24, 2.45) is 16.7 Å². The first kappa shape index (κ1) is 21.3. The van der Waals surface area contributed by atoms with Gasteiger partial charge in [0.05, 0.1) is 17.5 Å². The molecule has 4 aromatic rings. The van der Waals surface area contributed by atoms with Gasteiger partial charge in [-0.2, -0.15) is 22.0 Å². The third-order valence-corrected chi connectivity index (χ3v) is 7.05. The third-order valence-electron chi connectivity index (χ3n) is 6.00. The van der Waals surface area contributed by atoms with E-state index in [0.717, 1.165) is 52.5 Å². The minimum atomic E-state index is 0.232. The van der Waals surface area contributed by atoms with Crippen LogP contribution in [0, 0.1) is 0 Å². The molecule has 0 aliphatic carbocycles. The summed E-state index contributed by atoms with van der Waals surface area (Å²) >= 11 is 2.00. The number of ether oxygens (including phenoxy) is 1. The molecular formula is C25H26N6OS. The summed E-state index contributed by atoms with van der Waals surface area (Å²) in [5.41, 5.74) is 11.8. The molecule has 7 nitrogen and oxygen atoms in total. The highest BCUT2D eigenvalue weighted by molar-refractivity contribution is 7.99. The quantitative estimate of drug-likeness (QED) is 0.195. The lowest BCUT2D eigenvalue weighted by Crippen LogP contribution is -2.17. The van der Waals surface area contributed by atoms with Gasteiger partial charge in [0.1, 0.15) is 12.4 Å². The Morgan fingerprint density at radius 3 is 2.55 bits per heavy atom. The van der Waals surface area contributed by atoms with Crippen molar-refractivity contribution in [1.82, 2.24) is 14.6 Å². The monoisotopic (exact) mass is 458 g/mol. The molecule has 3 heterocycles. The molecule has 0 saturated carbocycles. The number of hydrogen-bond donors (Lipinski definition) is 2. The Balaban J connectivity index is 1.50. The molecule has 2 aromatic heterocycles. The molecule has 0 atom stereocenters. The molecule has 1 aliphatic rings. The number of aromatic nitrogens is 3. The number of fused-ring (bicyclic) bond motifs is 1. The number of hydrazone groups is 1. The van der Waals surface area contributed by atoms with Crippen molar-refractivity contribution in [3.63, 3.8) is 0 Å². The van der Waals surface area contributed by atoms with Gasteiger partial charge in [0, 0.05) is 17.7 Å². The van der Waals surface area contributed by atoms with Crippen LogP contribution < -0.4 is 16.3 Å². The predicted octanol–water partition coefficient (Wildman–Crippen LogP) is 4.16. The van der Waals surface area contributed by atoms with Crippen LogP contribution in [-0.4, -0.2) is 31.9 Å². The van der Waals surface area contributed by atoms with Crippen LogP contribution in [0.1, 0.15) is 35.6 Å². The van der Waals surface area contributed by atoms with E-state index in [4.69, 9.17) is 16.3 Å². The van der Waals surface area contributed by atoms with Gasteiger partial charge in [-0.3, -0.25) is 0 Å². The van der Waals surface area contributed by atoms with Crippen molar-refractivity contribution < 1.29 is 4.74 Å². The summed E-state index contributed by atoms with van der Waals surface area (Å²) in [6.07, 6.45) is 5.82. The van der Waals surface area contributed by atoms with E-state index in [1.54, 1.807) is 6.20 Å². The Labute approximate surface area is 196 Å². The zero-order valence-electron chi connectivity index (χ0n) is 18.2. The van der Waals surface area contributed by atoms with E-state index in [2.05, 4.69) is 39.4 Å². The molecule has 8 heteroatoms. The normalized spacial score (nSPS) is 15.1. The van der Waals surface area contributed by atoms with Gasteiger partial charge in [-0.05, 0) is 47.6 Å². The largest absolute Gasteiger partial charge is 0.489 e. The van der Waals surface area contributed by atoms with E-state index in [1.807, 2.05) is 52.8 Å². The number of hydrogen-bond acceptors (Lipinski definition) is 6. The molecule has 5 rings (SSSR count). The molecule has 0 amide bonds. The van der Waals surface area contributed by atoms with Gasteiger partial charge in [-0.1, -0.05) is 42.5 Å². The Kier molecular flexibility index (Phi) is 6.17. The molecule has 1 saturated heterocycles. The van der Waals surface area contributed by atoms with E-state index in [1.165, 1.54) is 0 Å². The molecular weight excluding hydrogens is 432 g/mol. The number of amidine groups is 1. The van der Waals surface area contributed by atoms with E-state index < -0.39 is 0 Å². The smallest absolute Gasteiger partial charge is 0.166 e. The summed E-state index contributed by atoms with van der Waals surface area (Å²) in [5, 5.41) is 8.27. The molecule has 33 heavy (non-hydrogen) atoms. The summed E-state index contributed by atoms with van der Waals surface area (Å²) < 4.78 is 7.89. The van der Waals surface area contributed by atoms with Crippen LogP contribution in [0.4, 0.5) is 0 Å². The Hall–Kier alpha value is -3.52. The minimum absolute atomic E-state index is 0.232. The number of benzene rings is 2. The Morgan fingerprint density at radius 2 is 1.82 bits per heavy atom. The summed E-state index contributed by atoms with van der Waals surface area (Å²) in [6.45, 7) is 0.541. The van der Waals surface area contributed by atoms with E-state index in [0.29, 0.717) is 23.7 Å². The lowest BCUT2D eigenvalue weighted by molar-refractivity contribution is 0.306. The van der Waals surface area contributed by atoms with Crippen molar-refractivity contribution in [3.05, 3.63) is 83.8 Å². The second kappa shape index (κ2) is 9.54. The van der Waals surface area contributed by atoms with E-state index >= 15 is 0 Å². The number of thioether (sulfide) groups is 1. The maximum absolute atomic E-state index is 5.98. The lowest BCUT2D eigenvalue weighted by atomic mass is 9.92. The van der Waals surface area contributed by atoms with Gasteiger partial charge in [0.2, 0.25) is 0 Å². The van der Waals surface area contributed by atoms with Crippen LogP contribution in [0.25, 0.3) is 16.8 Å². The molecule has 1 aliphatic heterocycles. The van der Waals surface area contributed by atoms with Gasteiger partial charge < -0.3 is 16.3 Å². The van der Waals surface area contributed by atoms with E-state index in [-0.39, 0.29) is 5.84 Å². The van der Waals surface area contributed by atoms with Crippen molar-refractivity contribution in [1.29, 1.82) is 0 Å². The van der Waals surface area contributed by atoms with Crippen LogP contribution in [-0.2, 0) is 6.61 Å². The molecule has 0 bridgehead atoms. The highest BCUT2D eigenvalue weighted by Gasteiger charge is 2.25. The predicted molar refractivity (Wildman–Crippen MR) is 133 cm³/mol. The average Bonchev–Trinajstić information content (AvgIpc) is 3.32. The maximum Gasteiger partial charge on any atom is 0.166 e. The first-order valence-electron chi connectivity index (χ1n) is 11.0. The molecule has 0 radical (unpaired) electrons. The number of nitrogens with zero attached hydrogens (tertiary/aromatic N) is 4. The molecule has 4 N–H and O–H groups in total. The minimum Gasteiger partial charge on any atom is -0.489 e. The molecule has 1 fully saturated rings. The second-order valence-corrected chi connectivity index (χ2v) is 9.28. The van der Waals surface area contributed by atoms with Gasteiger partial charge in [-0.15, -0.1) is 0 Å². The maximum atomic E-state index is 5.98. The summed E-state index contributed by atoms with van der Waals surface area (Å²) in [4.78, 5) is 4.69. The van der Waals surface area contributed by atoms with Gasteiger partial charge in [0.15, 0.2) is 11.5 Å². The SMILES string of the molecule is N/N=C(\N)c1cnn2c(C3CCSCC3)c(-c3ccc(OCc4ccccc4)cc3)cnc12. The van der Waals surface area contributed by atoms with Crippen LogP contribution in [0.15, 0.2) is 72.1 Å². The third kappa shape index (κ3) is 4.39. The standard InChI is InChI=1S/C25H26N6OS/c26-24(30-27)22-15-29-31-23(19-10-12-33-13-11-19)21(14-28-25(22)31)18-6-8-20(9-7-18)32-16-17-4-2-1-3-5-17/h1-9,14-15,19H,10-13,16,27H2,(H2,26,30). The fourth-order valence-electron chi connectivity index (χ4n) is 4.26. The Bertz CT molecular complexity index is 1260. The van der Waals surface area contributed by atoms with Crippen LogP contribution in [0.5, 0.6) is 5.75 Å². The first-order chi connectivity index (χ1) is 16.2. The zero-order chi connectivity index (χ0) is 22.6. The number of nitrogens with two attached hydrogens (primary N) is 2. The molecule has 168 valence electrons. The lowest BCUT2D eigenvalue weighted by Gasteiger charge is -2.24.